The van der Waals surface area contributed by atoms with Gasteiger partial charge in [-0.2, -0.15) is 5.10 Å². The van der Waals surface area contributed by atoms with E-state index in [1.54, 1.807) is 6.20 Å². The number of aromatic amines is 1. The molecular weight excluding hydrogens is 330 g/mol. The molecule has 1 fully saturated rings. The summed E-state index contributed by atoms with van der Waals surface area (Å²) in [4.78, 5) is 7.94. The van der Waals surface area contributed by atoms with Crippen LogP contribution in [0.5, 0.6) is 0 Å². The van der Waals surface area contributed by atoms with Crippen LogP contribution >= 0.6 is 11.6 Å². The molecule has 0 amide bonds. The van der Waals surface area contributed by atoms with Crippen LogP contribution in [0.25, 0.3) is 0 Å². The molecule has 24 heavy (non-hydrogen) atoms. The van der Waals surface area contributed by atoms with Crippen molar-refractivity contribution in [1.82, 2.24) is 25.1 Å². The van der Waals surface area contributed by atoms with E-state index < -0.39 is 0 Å². The van der Waals surface area contributed by atoms with Crippen molar-refractivity contribution < 1.29 is 9.84 Å². The third kappa shape index (κ3) is 3.49. The van der Waals surface area contributed by atoms with Crippen molar-refractivity contribution in [1.29, 1.82) is 0 Å². The van der Waals surface area contributed by atoms with Gasteiger partial charge in [0.05, 0.1) is 48.5 Å². The van der Waals surface area contributed by atoms with Crippen molar-refractivity contribution >= 4 is 11.6 Å². The van der Waals surface area contributed by atoms with Gasteiger partial charge in [0.15, 0.2) is 0 Å². The maximum Gasteiger partial charge on any atom is 0.120 e. The Balaban J connectivity index is 1.31. The van der Waals surface area contributed by atoms with E-state index in [-0.39, 0.29) is 12.1 Å². The quantitative estimate of drug-likeness (QED) is 0.755. The number of aliphatic hydroxyl groups excluding tert-OH is 1. The van der Waals surface area contributed by atoms with Crippen LogP contribution in [0, 0.1) is 5.92 Å². The summed E-state index contributed by atoms with van der Waals surface area (Å²) in [6.45, 7) is 2.78. The first-order chi connectivity index (χ1) is 11.7. The molecule has 0 spiro atoms. The van der Waals surface area contributed by atoms with Crippen LogP contribution in [0.1, 0.15) is 30.1 Å². The minimum atomic E-state index is -0.339. The van der Waals surface area contributed by atoms with Crippen molar-refractivity contribution in [2.75, 3.05) is 6.61 Å². The van der Waals surface area contributed by atoms with Gasteiger partial charge in [0, 0.05) is 25.2 Å². The van der Waals surface area contributed by atoms with E-state index in [1.807, 2.05) is 10.9 Å². The first kappa shape index (κ1) is 16.1. The van der Waals surface area contributed by atoms with E-state index in [2.05, 4.69) is 20.4 Å². The van der Waals surface area contributed by atoms with Crippen LogP contribution in [-0.4, -0.2) is 43.6 Å². The van der Waals surface area contributed by atoms with Gasteiger partial charge >= 0.3 is 0 Å². The lowest BCUT2D eigenvalue weighted by molar-refractivity contribution is 0.107. The van der Waals surface area contributed by atoms with E-state index in [4.69, 9.17) is 16.3 Å². The third-order valence-corrected chi connectivity index (χ3v) is 5.04. The summed E-state index contributed by atoms with van der Waals surface area (Å²) >= 11 is 5.90. The van der Waals surface area contributed by atoms with Crippen LogP contribution in [0.3, 0.4) is 0 Å². The highest BCUT2D eigenvalue weighted by atomic mass is 35.5. The number of ether oxygens (including phenoxy) is 1. The number of H-pyrrole nitrogens is 1. The van der Waals surface area contributed by atoms with Crippen molar-refractivity contribution in [2.45, 2.75) is 51.1 Å². The molecule has 2 aliphatic rings. The SMILES string of the molecule is O[C@@H]1CC(Cn2cc(Cl)cn2)C[C@H]1NCc1nc2c([nH]1)COCC2. The predicted octanol–water partition coefficient (Wildman–Crippen LogP) is 1.26. The molecule has 1 saturated carbocycles. The Morgan fingerprint density at radius 3 is 3.17 bits per heavy atom. The van der Waals surface area contributed by atoms with Crippen LogP contribution < -0.4 is 5.32 Å². The zero-order chi connectivity index (χ0) is 16.5. The smallest absolute Gasteiger partial charge is 0.120 e. The zero-order valence-corrected chi connectivity index (χ0v) is 14.2. The number of imidazole rings is 1. The second-order valence-corrected chi connectivity index (χ2v) is 7.12. The average Bonchev–Trinajstić information content (AvgIpc) is 3.24. The fourth-order valence-corrected chi connectivity index (χ4v) is 3.83. The Hall–Kier alpha value is -1.41. The van der Waals surface area contributed by atoms with Crippen molar-refractivity contribution in [3.8, 4) is 0 Å². The summed E-state index contributed by atoms with van der Waals surface area (Å²) in [5.41, 5.74) is 2.19. The summed E-state index contributed by atoms with van der Waals surface area (Å²) < 4.78 is 7.28. The Morgan fingerprint density at radius 1 is 1.46 bits per heavy atom. The van der Waals surface area contributed by atoms with Crippen molar-refractivity contribution in [2.24, 2.45) is 5.92 Å². The standard InChI is InChI=1S/C16H22ClN5O2/c17-11-5-19-22(8-11)7-10-3-13(15(23)4-10)18-6-16-20-12-1-2-24-9-14(12)21-16/h5,8,10,13,15,18,23H,1-4,6-7,9H2,(H,20,21)/t10?,13-,15-/m1/s1. The monoisotopic (exact) mass is 351 g/mol. The second-order valence-electron chi connectivity index (χ2n) is 6.68. The maximum atomic E-state index is 10.3. The summed E-state index contributed by atoms with van der Waals surface area (Å²) in [6, 6.07) is 0.0828. The highest BCUT2D eigenvalue weighted by Gasteiger charge is 2.33. The molecule has 1 unspecified atom stereocenters. The Morgan fingerprint density at radius 2 is 2.38 bits per heavy atom. The fraction of sp³-hybridized carbons (Fsp3) is 0.625. The fourth-order valence-electron chi connectivity index (χ4n) is 3.67. The number of nitrogens with one attached hydrogen (secondary N) is 2. The van der Waals surface area contributed by atoms with E-state index >= 15 is 0 Å². The molecule has 3 heterocycles. The van der Waals surface area contributed by atoms with Gasteiger partial charge in [0.1, 0.15) is 5.82 Å². The van der Waals surface area contributed by atoms with Gasteiger partial charge in [0.2, 0.25) is 0 Å². The third-order valence-electron chi connectivity index (χ3n) is 4.85. The molecule has 0 aromatic carbocycles. The molecule has 4 rings (SSSR count). The molecule has 130 valence electrons. The van der Waals surface area contributed by atoms with Gasteiger partial charge in [-0.3, -0.25) is 4.68 Å². The zero-order valence-electron chi connectivity index (χ0n) is 13.4. The number of hydrogen-bond donors (Lipinski definition) is 3. The number of halogens is 1. The molecule has 1 aliphatic heterocycles. The number of aliphatic hydroxyl groups is 1. The topological polar surface area (TPSA) is 88.0 Å². The minimum absolute atomic E-state index is 0.0828. The molecule has 3 N–H and O–H groups in total. The summed E-state index contributed by atoms with van der Waals surface area (Å²) in [5, 5.41) is 18.6. The van der Waals surface area contributed by atoms with Crippen LogP contribution in [0.15, 0.2) is 12.4 Å². The molecule has 2 aromatic rings. The molecule has 7 nitrogen and oxygen atoms in total. The van der Waals surface area contributed by atoms with Crippen molar-refractivity contribution in [3.05, 3.63) is 34.6 Å². The Bertz CT molecular complexity index is 677. The average molecular weight is 352 g/mol. The van der Waals surface area contributed by atoms with Gasteiger partial charge < -0.3 is 20.1 Å². The van der Waals surface area contributed by atoms with Gasteiger partial charge in [-0.15, -0.1) is 0 Å². The van der Waals surface area contributed by atoms with Crippen molar-refractivity contribution in [3.63, 3.8) is 0 Å². The molecule has 0 saturated heterocycles. The highest BCUT2D eigenvalue weighted by Crippen LogP contribution is 2.28. The number of rotatable bonds is 5. The normalized spacial score (nSPS) is 26.7. The lowest BCUT2D eigenvalue weighted by Crippen LogP contribution is -2.35. The molecular formula is C16H22ClN5O2. The number of aromatic nitrogens is 4. The molecule has 3 atom stereocenters. The van der Waals surface area contributed by atoms with E-state index in [0.717, 1.165) is 49.6 Å². The Kier molecular flexibility index (Phi) is 4.58. The number of nitrogens with zero attached hydrogens (tertiary/aromatic N) is 3. The largest absolute Gasteiger partial charge is 0.391 e. The molecule has 8 heteroatoms. The van der Waals surface area contributed by atoms with Crippen LogP contribution in [0.2, 0.25) is 5.02 Å². The van der Waals surface area contributed by atoms with Gasteiger partial charge in [-0.1, -0.05) is 11.6 Å². The van der Waals surface area contributed by atoms with E-state index in [0.29, 0.717) is 24.1 Å². The van der Waals surface area contributed by atoms with Crippen LogP contribution in [-0.2, 0) is 30.9 Å². The van der Waals surface area contributed by atoms with Gasteiger partial charge in [-0.05, 0) is 18.8 Å². The highest BCUT2D eigenvalue weighted by molar-refractivity contribution is 6.30. The maximum absolute atomic E-state index is 10.3. The van der Waals surface area contributed by atoms with Gasteiger partial charge in [-0.25, -0.2) is 4.98 Å². The summed E-state index contributed by atoms with van der Waals surface area (Å²) in [7, 11) is 0. The Labute approximate surface area is 145 Å². The first-order valence-electron chi connectivity index (χ1n) is 8.41. The summed E-state index contributed by atoms with van der Waals surface area (Å²) in [5.74, 6) is 1.31. The van der Waals surface area contributed by atoms with Crippen LogP contribution in [0.4, 0.5) is 0 Å². The first-order valence-corrected chi connectivity index (χ1v) is 8.79. The minimum Gasteiger partial charge on any atom is -0.391 e. The second kappa shape index (κ2) is 6.84. The number of hydrogen-bond acceptors (Lipinski definition) is 5. The lowest BCUT2D eigenvalue weighted by Gasteiger charge is -2.15. The number of fused-ring (bicyclic) bond motifs is 1. The lowest BCUT2D eigenvalue weighted by atomic mass is 10.1. The van der Waals surface area contributed by atoms with E-state index in [9.17, 15) is 5.11 Å². The predicted molar refractivity (Wildman–Crippen MR) is 88.5 cm³/mol. The molecule has 0 bridgehead atoms. The summed E-state index contributed by atoms with van der Waals surface area (Å²) in [6.07, 6.45) is 5.69. The van der Waals surface area contributed by atoms with E-state index in [1.165, 1.54) is 0 Å². The molecule has 1 aliphatic carbocycles. The molecule has 2 aromatic heterocycles. The molecule has 0 radical (unpaired) electrons. The van der Waals surface area contributed by atoms with Gasteiger partial charge in [0.25, 0.3) is 0 Å².